The van der Waals surface area contributed by atoms with Crippen molar-refractivity contribution in [2.75, 3.05) is 63.5 Å². The Hall–Kier alpha value is -3.77. The van der Waals surface area contributed by atoms with Gasteiger partial charge in [-0.2, -0.15) is 36.3 Å². The number of hydrogen-bond acceptors (Lipinski definition) is 11. The lowest BCUT2D eigenvalue weighted by Crippen LogP contribution is -2.51. The molecule has 1 aliphatic carbocycles. The maximum absolute atomic E-state index is 16.6. The summed E-state index contributed by atoms with van der Waals surface area (Å²) in [7, 11) is 0. The molecular formula is C32H41F7N8O3. The monoisotopic (exact) mass is 718 g/mol. The summed E-state index contributed by atoms with van der Waals surface area (Å²) in [5.74, 6) is -1.55. The molecule has 3 aromatic heterocycles. The molecule has 5 heterocycles. The standard InChI is InChI=1S/C30H35F7N8O3.C2H6/c1-15-3-6-39-7-8-40-25-20-24(22(31)23(42-26(20)48-15)17-11-19(38)41-16(2)21(17)30(35,36)37)43-27(44-25)47-14-28(4-5-28)13-45-9-10-46-18(12-45)29(32,33)34;1-2/h11,15,18,39H,3-10,12-14H2,1-2H3,(H2,38,41)(H,40,43,44);1-2H3. The van der Waals surface area contributed by atoms with Crippen LogP contribution in [0.3, 0.4) is 0 Å². The molecule has 0 radical (unpaired) electrons. The maximum Gasteiger partial charge on any atom is 0.418 e. The van der Waals surface area contributed by atoms with Crippen LogP contribution in [0.4, 0.5) is 42.4 Å². The number of ether oxygens (including phenoxy) is 3. The zero-order valence-corrected chi connectivity index (χ0v) is 28.2. The van der Waals surface area contributed by atoms with E-state index in [1.165, 1.54) is 0 Å². The molecule has 2 aliphatic heterocycles. The quantitative estimate of drug-likeness (QED) is 0.269. The molecule has 0 amide bonds. The van der Waals surface area contributed by atoms with Crippen LogP contribution in [-0.2, 0) is 10.9 Å². The lowest BCUT2D eigenvalue weighted by Gasteiger charge is -2.35. The fraction of sp³-hybridized carbons (Fsp3) is 0.625. The lowest BCUT2D eigenvalue weighted by atomic mass is 10.0. The van der Waals surface area contributed by atoms with E-state index in [-0.39, 0.29) is 48.7 Å². The van der Waals surface area contributed by atoms with Gasteiger partial charge in [0.05, 0.1) is 30.6 Å². The average Bonchev–Trinajstić information content (AvgIpc) is 3.81. The summed E-state index contributed by atoms with van der Waals surface area (Å²) >= 11 is 0. The highest BCUT2D eigenvalue weighted by Gasteiger charge is 2.49. The molecule has 276 valence electrons. The lowest BCUT2D eigenvalue weighted by molar-refractivity contribution is -0.238. The molecule has 0 bridgehead atoms. The minimum absolute atomic E-state index is 0.0114. The van der Waals surface area contributed by atoms with Gasteiger partial charge >= 0.3 is 18.4 Å². The van der Waals surface area contributed by atoms with Crippen LogP contribution in [0.15, 0.2) is 6.07 Å². The Kier molecular flexibility index (Phi) is 11.1. The van der Waals surface area contributed by atoms with Gasteiger partial charge < -0.3 is 30.6 Å². The molecule has 3 aromatic rings. The van der Waals surface area contributed by atoms with E-state index < -0.39 is 63.8 Å². The van der Waals surface area contributed by atoms with Gasteiger partial charge in [-0.3, -0.25) is 4.90 Å². The molecule has 4 N–H and O–H groups in total. The van der Waals surface area contributed by atoms with Gasteiger partial charge in [-0.1, -0.05) is 13.8 Å². The van der Waals surface area contributed by atoms with Gasteiger partial charge in [-0.05, 0) is 45.7 Å². The van der Waals surface area contributed by atoms with Gasteiger partial charge in [-0.25, -0.2) is 14.4 Å². The van der Waals surface area contributed by atoms with Crippen LogP contribution in [0.25, 0.3) is 22.2 Å². The highest BCUT2D eigenvalue weighted by atomic mass is 19.4. The minimum atomic E-state index is -4.92. The van der Waals surface area contributed by atoms with Crippen molar-refractivity contribution in [3.63, 3.8) is 0 Å². The number of nitrogens with zero attached hydrogens (tertiary/aromatic N) is 5. The molecule has 2 atom stereocenters. The average molecular weight is 719 g/mol. The van der Waals surface area contributed by atoms with Crippen molar-refractivity contribution in [2.24, 2.45) is 5.41 Å². The first-order chi connectivity index (χ1) is 23.6. The Morgan fingerprint density at radius 2 is 1.80 bits per heavy atom. The second-order valence-corrected chi connectivity index (χ2v) is 12.5. The van der Waals surface area contributed by atoms with E-state index in [1.54, 1.807) is 11.8 Å². The number of hydrogen-bond donors (Lipinski definition) is 3. The smallest absolute Gasteiger partial charge is 0.418 e. The van der Waals surface area contributed by atoms with Gasteiger partial charge in [-0.15, -0.1) is 0 Å². The SMILES string of the molecule is CC.Cc1nc(N)cc(-c2nc3c4c(nc(OCC5(CN6CCOC(C(F)(F)F)C6)CC5)nc4c2F)NCCNCCC(C)O3)c1C(F)(F)F. The zero-order valence-electron chi connectivity index (χ0n) is 28.2. The van der Waals surface area contributed by atoms with Gasteiger partial charge in [0.15, 0.2) is 11.9 Å². The number of rotatable bonds is 6. The van der Waals surface area contributed by atoms with E-state index in [0.717, 1.165) is 13.0 Å². The van der Waals surface area contributed by atoms with Crippen LogP contribution in [0.5, 0.6) is 11.9 Å². The normalized spacial score (nSPS) is 21.3. The number of aromatic nitrogens is 4. The highest BCUT2D eigenvalue weighted by Crippen LogP contribution is 2.47. The van der Waals surface area contributed by atoms with Crippen LogP contribution in [0.1, 0.15) is 51.3 Å². The summed E-state index contributed by atoms with van der Waals surface area (Å²) in [5.41, 5.74) is 1.94. The van der Waals surface area contributed by atoms with Gasteiger partial charge in [0.25, 0.3) is 0 Å². The zero-order chi connectivity index (χ0) is 36.4. The first kappa shape index (κ1) is 37.5. The van der Waals surface area contributed by atoms with E-state index >= 15 is 4.39 Å². The summed E-state index contributed by atoms with van der Waals surface area (Å²) in [4.78, 5) is 18.4. The summed E-state index contributed by atoms with van der Waals surface area (Å²) < 4.78 is 116. The maximum atomic E-state index is 16.6. The van der Waals surface area contributed by atoms with E-state index in [1.807, 2.05) is 13.8 Å². The molecular weight excluding hydrogens is 677 g/mol. The predicted octanol–water partition coefficient (Wildman–Crippen LogP) is 5.76. The molecule has 1 saturated carbocycles. The van der Waals surface area contributed by atoms with Crippen LogP contribution in [-0.4, -0.2) is 95.7 Å². The van der Waals surface area contributed by atoms with Crippen LogP contribution < -0.4 is 25.8 Å². The number of nitrogen functional groups attached to an aromatic ring is 1. The molecule has 50 heavy (non-hydrogen) atoms. The number of alkyl halides is 6. The topological polar surface area (TPSA) is 133 Å². The Morgan fingerprint density at radius 1 is 1.06 bits per heavy atom. The van der Waals surface area contributed by atoms with Crippen molar-refractivity contribution >= 4 is 22.5 Å². The third-order valence-electron chi connectivity index (χ3n) is 8.66. The van der Waals surface area contributed by atoms with Crippen molar-refractivity contribution in [3.8, 4) is 23.1 Å². The third kappa shape index (κ3) is 8.39. The fourth-order valence-electron chi connectivity index (χ4n) is 6.03. The molecule has 1 saturated heterocycles. The Balaban J connectivity index is 0.00000239. The van der Waals surface area contributed by atoms with Gasteiger partial charge in [0.1, 0.15) is 28.2 Å². The minimum Gasteiger partial charge on any atom is -0.474 e. The van der Waals surface area contributed by atoms with E-state index in [0.29, 0.717) is 52.0 Å². The number of nitrogens with one attached hydrogen (secondary N) is 2. The van der Waals surface area contributed by atoms with Crippen LogP contribution >= 0.6 is 0 Å². The molecule has 2 unspecified atom stereocenters. The van der Waals surface area contributed by atoms with Crippen LogP contribution in [0, 0.1) is 18.2 Å². The first-order valence-corrected chi connectivity index (χ1v) is 16.5. The number of morpholine rings is 1. The first-order valence-electron chi connectivity index (χ1n) is 16.5. The second kappa shape index (κ2) is 14.8. The van der Waals surface area contributed by atoms with Gasteiger partial charge in [0.2, 0.25) is 5.88 Å². The Bertz CT molecular complexity index is 1670. The van der Waals surface area contributed by atoms with Crippen molar-refractivity contribution in [3.05, 3.63) is 23.1 Å². The van der Waals surface area contributed by atoms with Crippen molar-refractivity contribution in [1.82, 2.24) is 30.2 Å². The number of aryl methyl sites for hydroxylation is 1. The molecule has 0 spiro atoms. The predicted molar refractivity (Wildman–Crippen MR) is 171 cm³/mol. The molecule has 18 heteroatoms. The summed E-state index contributed by atoms with van der Waals surface area (Å²) in [6, 6.07) is 0.632. The van der Waals surface area contributed by atoms with Crippen molar-refractivity contribution in [2.45, 2.75) is 71.5 Å². The summed E-state index contributed by atoms with van der Waals surface area (Å²) in [5, 5.41) is 6.35. The number of pyridine rings is 2. The van der Waals surface area contributed by atoms with E-state index in [4.69, 9.17) is 19.9 Å². The number of halogens is 7. The Morgan fingerprint density at radius 3 is 2.48 bits per heavy atom. The molecule has 3 aliphatic rings. The van der Waals surface area contributed by atoms with Gasteiger partial charge in [0, 0.05) is 43.7 Å². The summed E-state index contributed by atoms with van der Waals surface area (Å²) in [6.07, 6.45) is -9.91. The second-order valence-electron chi connectivity index (χ2n) is 12.5. The Labute approximate surface area is 284 Å². The molecule has 11 nitrogen and oxygen atoms in total. The van der Waals surface area contributed by atoms with Crippen molar-refractivity contribution < 1.29 is 44.9 Å². The molecule has 0 aromatic carbocycles. The third-order valence-corrected chi connectivity index (χ3v) is 8.66. The highest BCUT2D eigenvalue weighted by molar-refractivity contribution is 5.96. The summed E-state index contributed by atoms with van der Waals surface area (Å²) in [6.45, 7) is 8.56. The number of nitrogens with two attached hydrogens (primary N) is 1. The van der Waals surface area contributed by atoms with Crippen LogP contribution in [0.2, 0.25) is 0 Å². The van der Waals surface area contributed by atoms with Crippen molar-refractivity contribution in [1.29, 1.82) is 0 Å². The fourth-order valence-corrected chi connectivity index (χ4v) is 6.03. The van der Waals surface area contributed by atoms with E-state index in [2.05, 4.69) is 30.6 Å². The van der Waals surface area contributed by atoms with E-state index in [9.17, 15) is 26.3 Å². The molecule has 2 fully saturated rings. The number of anilines is 2. The largest absolute Gasteiger partial charge is 0.474 e. The molecule has 6 rings (SSSR count).